The third-order valence-electron chi connectivity index (χ3n) is 11.8. The molecule has 4 aromatic heterocycles. The molecule has 1 radical (unpaired) electrons. The normalized spacial score (nSPS) is 11.8. The summed E-state index contributed by atoms with van der Waals surface area (Å²) < 4.78 is 10.4. The van der Waals surface area contributed by atoms with Crippen molar-refractivity contribution in [2.75, 3.05) is 0 Å². The van der Waals surface area contributed by atoms with Crippen LogP contribution in [0, 0.1) is 25.0 Å². The molecule has 0 bridgehead atoms. The zero-order chi connectivity index (χ0) is 43.7. The van der Waals surface area contributed by atoms with Crippen molar-refractivity contribution in [2.24, 2.45) is 5.92 Å². The summed E-state index contributed by atoms with van der Waals surface area (Å²) >= 11 is -1.86. The van der Waals surface area contributed by atoms with Gasteiger partial charge in [-0.05, 0) is 64.8 Å². The zero-order valence-electron chi connectivity index (χ0n) is 38.3. The molecule has 9 rings (SSSR count). The summed E-state index contributed by atoms with van der Waals surface area (Å²) in [6.07, 6.45) is 5.12. The first kappa shape index (κ1) is 45.9. The SMILES string of the molecule is CC(C)Cc1cc(-c2[c-]cccc2)nc[c]1[Ge]([CH3])([CH3])[CH3].Cc1nccc2c1oc1c(-c3nc4ccccc4n3Cc3c(C(C)C)cc(-c4ccccc4)cc3C(C)C)[c-]ccc12.[Ir]. The molecule has 323 valence electrons. The predicted octanol–water partition coefficient (Wildman–Crippen LogP) is 14.4. The number of hydrogen-bond donors (Lipinski definition) is 0. The van der Waals surface area contributed by atoms with Crippen LogP contribution in [-0.4, -0.2) is 32.8 Å². The van der Waals surface area contributed by atoms with Gasteiger partial charge in [0.25, 0.3) is 0 Å². The van der Waals surface area contributed by atoms with Crippen molar-refractivity contribution in [1.82, 2.24) is 19.5 Å². The Hall–Kier alpha value is -5.14. The van der Waals surface area contributed by atoms with Crippen LogP contribution in [0.5, 0.6) is 0 Å². The van der Waals surface area contributed by atoms with E-state index >= 15 is 0 Å². The van der Waals surface area contributed by atoms with E-state index in [0.29, 0.717) is 24.3 Å². The predicted molar refractivity (Wildman–Crippen MR) is 263 cm³/mol. The van der Waals surface area contributed by atoms with Gasteiger partial charge in [-0.3, -0.25) is 9.97 Å². The Morgan fingerprint density at radius 3 is 2.05 bits per heavy atom. The Kier molecular flexibility index (Phi) is 14.1. The Bertz CT molecular complexity index is 2970. The van der Waals surface area contributed by atoms with Crippen LogP contribution in [0.2, 0.25) is 17.3 Å². The van der Waals surface area contributed by atoms with Crippen molar-refractivity contribution < 1.29 is 24.5 Å². The number of pyridine rings is 2. The van der Waals surface area contributed by atoms with Gasteiger partial charge < -0.3 is 8.98 Å². The summed E-state index contributed by atoms with van der Waals surface area (Å²) in [6.45, 7) is 16.4. The number of benzene rings is 5. The minimum atomic E-state index is -1.86. The number of rotatable bonds is 10. The Morgan fingerprint density at radius 1 is 0.698 bits per heavy atom. The maximum absolute atomic E-state index is 6.51. The standard InChI is InChI=1S/C38H34N3O.C18H24GeN.Ir/c1-23(2)31-20-27(26-12-7-6-8-13-26)21-32(24(3)4)33(31)22-41-35-17-10-9-16-34(35)40-38(41)30-15-11-14-28-29-18-19-39-25(5)36(29)42-37(28)30;1-14(2)11-16-12-18(15-9-7-6-8-10-15)20-13-17(16)19(3,4)5;/h6-14,16-21,23-24H,22H2,1-5H3;6-9,12-14H,11H2,1-5H3;/q2*-1;. The van der Waals surface area contributed by atoms with Crippen molar-refractivity contribution in [3.05, 3.63) is 168 Å². The fourth-order valence-corrected chi connectivity index (χ4v) is 12.1. The number of hydrogen-bond acceptors (Lipinski definition) is 4. The van der Waals surface area contributed by atoms with Crippen LogP contribution < -0.4 is 4.40 Å². The van der Waals surface area contributed by atoms with Gasteiger partial charge in [0.15, 0.2) is 0 Å². The summed E-state index contributed by atoms with van der Waals surface area (Å²) in [7, 11) is 0. The second-order valence-electron chi connectivity index (χ2n) is 18.6. The number of imidazole rings is 1. The van der Waals surface area contributed by atoms with Gasteiger partial charge in [0, 0.05) is 38.2 Å². The van der Waals surface area contributed by atoms with Crippen molar-refractivity contribution in [2.45, 2.75) is 90.5 Å². The molecule has 0 saturated carbocycles. The van der Waals surface area contributed by atoms with Crippen LogP contribution in [0.1, 0.15) is 81.3 Å². The first-order valence-electron chi connectivity index (χ1n) is 22.1. The summed E-state index contributed by atoms with van der Waals surface area (Å²) in [6, 6.07) is 47.1. The molecular weight excluding hydrogens is 1010 g/mol. The Morgan fingerprint density at radius 2 is 1.38 bits per heavy atom. The van der Waals surface area contributed by atoms with Crippen molar-refractivity contribution in [3.63, 3.8) is 0 Å². The molecule has 4 heterocycles. The monoisotopic (exact) mass is 1070 g/mol. The van der Waals surface area contributed by atoms with Crippen LogP contribution in [0.3, 0.4) is 0 Å². The number of aromatic nitrogens is 4. The largest absolute Gasteiger partial charge is 0.499 e. The molecule has 0 aliphatic carbocycles. The summed E-state index contributed by atoms with van der Waals surface area (Å²) in [4.78, 5) is 14.4. The van der Waals surface area contributed by atoms with Gasteiger partial charge >= 0.3 is 126 Å². The molecule has 0 spiro atoms. The quantitative estimate of drug-likeness (QED) is 0.101. The van der Waals surface area contributed by atoms with Crippen LogP contribution >= 0.6 is 0 Å². The minimum Gasteiger partial charge on any atom is -0.499 e. The van der Waals surface area contributed by atoms with Crippen LogP contribution in [0.25, 0.3) is 66.7 Å². The van der Waals surface area contributed by atoms with Crippen LogP contribution in [0.15, 0.2) is 132 Å². The third-order valence-corrected chi connectivity index (χ3v) is 16.1. The van der Waals surface area contributed by atoms with Crippen LogP contribution in [-0.2, 0) is 33.1 Å². The van der Waals surface area contributed by atoms with Crippen molar-refractivity contribution >= 4 is 50.6 Å². The van der Waals surface area contributed by atoms with Gasteiger partial charge in [-0.2, -0.15) is 0 Å². The molecule has 7 heteroatoms. The molecule has 0 fully saturated rings. The van der Waals surface area contributed by atoms with E-state index in [1.165, 1.54) is 33.4 Å². The van der Waals surface area contributed by atoms with E-state index in [2.05, 4.69) is 172 Å². The van der Waals surface area contributed by atoms with Crippen molar-refractivity contribution in [3.8, 4) is 33.8 Å². The van der Waals surface area contributed by atoms with Gasteiger partial charge in [0.1, 0.15) is 5.58 Å². The molecular formula is C56H58GeIrN4O-2. The molecule has 0 saturated heterocycles. The zero-order valence-corrected chi connectivity index (χ0v) is 42.8. The molecule has 0 N–H and O–H groups in total. The van der Waals surface area contributed by atoms with E-state index < -0.39 is 13.3 Å². The van der Waals surface area contributed by atoms with Gasteiger partial charge in [-0.25, -0.2) is 0 Å². The second kappa shape index (κ2) is 19.3. The molecule has 5 nitrogen and oxygen atoms in total. The van der Waals surface area contributed by atoms with Gasteiger partial charge in [-0.1, -0.05) is 93.2 Å². The average Bonchev–Trinajstić information content (AvgIpc) is 3.83. The van der Waals surface area contributed by atoms with E-state index in [4.69, 9.17) is 14.4 Å². The number of nitrogens with zero attached hydrogens (tertiary/aromatic N) is 4. The van der Waals surface area contributed by atoms with E-state index in [1.54, 1.807) is 4.40 Å². The van der Waals surface area contributed by atoms with E-state index in [9.17, 15) is 0 Å². The smallest absolute Gasteiger partial charge is 0.142 e. The van der Waals surface area contributed by atoms with Gasteiger partial charge in [0.05, 0.1) is 28.1 Å². The molecule has 0 atom stereocenters. The maximum atomic E-state index is 6.51. The molecule has 0 aliphatic heterocycles. The molecule has 0 aliphatic rings. The summed E-state index contributed by atoms with van der Waals surface area (Å²) in [5.41, 5.74) is 15.7. The summed E-state index contributed by atoms with van der Waals surface area (Å²) in [5.74, 6) is 9.58. The van der Waals surface area contributed by atoms with E-state index in [-0.39, 0.29) is 20.1 Å². The first-order valence-corrected chi connectivity index (χ1v) is 29.5. The Balaban J connectivity index is 0.000000239. The topological polar surface area (TPSA) is 56.7 Å². The van der Waals surface area contributed by atoms with E-state index in [0.717, 1.165) is 67.7 Å². The summed E-state index contributed by atoms with van der Waals surface area (Å²) in [5, 5.41) is 2.12. The van der Waals surface area contributed by atoms with Gasteiger partial charge in [0.2, 0.25) is 0 Å². The first-order chi connectivity index (χ1) is 29.8. The van der Waals surface area contributed by atoms with E-state index in [1.807, 2.05) is 43.5 Å². The molecule has 5 aromatic carbocycles. The van der Waals surface area contributed by atoms with Gasteiger partial charge in [-0.15, -0.1) is 18.2 Å². The average molecular weight is 1070 g/mol. The van der Waals surface area contributed by atoms with Crippen molar-refractivity contribution in [1.29, 1.82) is 0 Å². The Labute approximate surface area is 390 Å². The number of para-hydroxylation sites is 2. The third kappa shape index (κ3) is 9.70. The molecule has 0 unspecified atom stereocenters. The second-order valence-corrected chi connectivity index (χ2v) is 29.2. The fraction of sp³-hybridized carbons (Fsp3) is 0.268. The number of furan rings is 1. The molecule has 63 heavy (non-hydrogen) atoms. The maximum Gasteiger partial charge on any atom is 0.142 e. The number of aryl methyl sites for hydroxylation is 1. The minimum absolute atomic E-state index is 0. The fourth-order valence-electron chi connectivity index (χ4n) is 8.76. The molecule has 9 aromatic rings. The van der Waals surface area contributed by atoms with Crippen LogP contribution in [0.4, 0.5) is 0 Å². The molecule has 0 amide bonds. The number of fused-ring (bicyclic) bond motifs is 4.